The van der Waals surface area contributed by atoms with Gasteiger partial charge in [0, 0.05) is 24.3 Å². The number of nitrogens with zero attached hydrogens (tertiary/aromatic N) is 4. The lowest BCUT2D eigenvalue weighted by Crippen LogP contribution is -2.30. The lowest BCUT2D eigenvalue weighted by Gasteiger charge is -2.29. The number of aromatic nitrogens is 3. The van der Waals surface area contributed by atoms with Gasteiger partial charge in [0.1, 0.15) is 11.8 Å². The lowest BCUT2D eigenvalue weighted by molar-refractivity contribution is 0.414. The summed E-state index contributed by atoms with van der Waals surface area (Å²) >= 11 is 5.84. The van der Waals surface area contributed by atoms with Gasteiger partial charge in [0.15, 0.2) is 5.11 Å². The van der Waals surface area contributed by atoms with Gasteiger partial charge in [0.2, 0.25) is 0 Å². The van der Waals surface area contributed by atoms with Crippen LogP contribution in [0.4, 0.5) is 5.69 Å². The summed E-state index contributed by atoms with van der Waals surface area (Å²) in [6.07, 6.45) is 5.72. The van der Waals surface area contributed by atoms with E-state index in [0.29, 0.717) is 11.7 Å². The topological polar surface area (TPSA) is 55.2 Å². The highest BCUT2D eigenvalue weighted by Crippen LogP contribution is 2.44. The molecule has 1 saturated heterocycles. The van der Waals surface area contributed by atoms with Gasteiger partial charge in [0.05, 0.1) is 36.8 Å². The molecule has 1 fully saturated rings. The van der Waals surface area contributed by atoms with Gasteiger partial charge in [-0.3, -0.25) is 9.97 Å². The molecule has 0 aliphatic carbocycles. The van der Waals surface area contributed by atoms with Crippen molar-refractivity contribution >= 4 is 23.0 Å². The SMILES string of the molecule is COc1ccccc1N1C(=S)N[C@@H](c2ccccn2)[C@H]1c1cccn1Cc1ccccn1. The average Bonchev–Trinajstić information content (AvgIpc) is 3.43. The molecule has 4 aromatic rings. The monoisotopic (exact) mass is 441 g/mol. The number of hydrogen-bond donors (Lipinski definition) is 1. The van der Waals surface area contributed by atoms with Gasteiger partial charge in [-0.25, -0.2) is 0 Å². The first-order chi connectivity index (χ1) is 15.8. The molecule has 3 aromatic heterocycles. The van der Waals surface area contributed by atoms with Crippen molar-refractivity contribution in [3.63, 3.8) is 0 Å². The van der Waals surface area contributed by atoms with E-state index in [1.54, 1.807) is 7.11 Å². The molecule has 4 heterocycles. The smallest absolute Gasteiger partial charge is 0.174 e. The standard InChI is InChI=1S/C25H23N5OS/c1-31-22-13-3-2-11-20(22)30-24(23(28-25(30)32)19-10-5-7-15-27-19)21-12-8-16-29(21)17-18-9-4-6-14-26-18/h2-16,23-24H,17H2,1H3,(H,28,32)/t23-,24+/m0/s1. The Morgan fingerprint density at radius 3 is 2.47 bits per heavy atom. The quantitative estimate of drug-likeness (QED) is 0.444. The second kappa shape index (κ2) is 8.80. The van der Waals surface area contributed by atoms with Crippen LogP contribution in [0.3, 0.4) is 0 Å². The Bertz CT molecular complexity index is 1210. The fourth-order valence-corrected chi connectivity index (χ4v) is 4.59. The van der Waals surface area contributed by atoms with Gasteiger partial charge in [0.25, 0.3) is 0 Å². The van der Waals surface area contributed by atoms with Crippen molar-refractivity contribution in [3.05, 3.63) is 108 Å². The maximum absolute atomic E-state index is 5.84. The molecule has 160 valence electrons. The number of rotatable bonds is 6. The molecule has 5 rings (SSSR count). The van der Waals surface area contributed by atoms with Gasteiger partial charge in [-0.2, -0.15) is 0 Å². The molecule has 1 N–H and O–H groups in total. The van der Waals surface area contributed by atoms with Crippen LogP contribution in [0.15, 0.2) is 91.4 Å². The highest BCUT2D eigenvalue weighted by atomic mass is 32.1. The first kappa shape index (κ1) is 20.2. The van der Waals surface area contributed by atoms with Crippen molar-refractivity contribution in [2.45, 2.75) is 18.6 Å². The largest absolute Gasteiger partial charge is 0.495 e. The van der Waals surface area contributed by atoms with Crippen molar-refractivity contribution < 1.29 is 4.74 Å². The number of pyridine rings is 2. The molecule has 7 heteroatoms. The normalized spacial score (nSPS) is 17.9. The fraction of sp³-hybridized carbons (Fsp3) is 0.160. The van der Waals surface area contributed by atoms with Crippen LogP contribution in [-0.4, -0.2) is 26.8 Å². The first-order valence-electron chi connectivity index (χ1n) is 10.4. The first-order valence-corrected chi connectivity index (χ1v) is 10.9. The molecule has 0 bridgehead atoms. The summed E-state index contributed by atoms with van der Waals surface area (Å²) in [7, 11) is 1.68. The van der Waals surface area contributed by atoms with E-state index in [-0.39, 0.29) is 12.1 Å². The average molecular weight is 442 g/mol. The van der Waals surface area contributed by atoms with E-state index in [4.69, 9.17) is 17.0 Å². The summed E-state index contributed by atoms with van der Waals surface area (Å²) in [6.45, 7) is 0.668. The molecular formula is C25H23N5OS. The van der Waals surface area contributed by atoms with E-state index >= 15 is 0 Å². The van der Waals surface area contributed by atoms with Gasteiger partial charge in [-0.15, -0.1) is 0 Å². The molecule has 1 aliphatic rings. The minimum atomic E-state index is -0.119. The molecule has 2 atom stereocenters. The number of hydrogen-bond acceptors (Lipinski definition) is 4. The van der Waals surface area contributed by atoms with Crippen LogP contribution in [0.2, 0.25) is 0 Å². The maximum Gasteiger partial charge on any atom is 0.174 e. The minimum absolute atomic E-state index is 0.118. The molecule has 0 unspecified atom stereocenters. The predicted molar refractivity (Wildman–Crippen MR) is 129 cm³/mol. The number of nitrogens with one attached hydrogen (secondary N) is 1. The van der Waals surface area contributed by atoms with Crippen LogP contribution in [0.25, 0.3) is 0 Å². The van der Waals surface area contributed by atoms with E-state index in [1.165, 1.54) is 0 Å². The molecule has 0 radical (unpaired) electrons. The van der Waals surface area contributed by atoms with Crippen LogP contribution < -0.4 is 15.0 Å². The molecule has 0 saturated carbocycles. The van der Waals surface area contributed by atoms with E-state index in [9.17, 15) is 0 Å². The molecule has 32 heavy (non-hydrogen) atoms. The molecule has 0 amide bonds. The van der Waals surface area contributed by atoms with Crippen molar-refractivity contribution in [2.75, 3.05) is 12.0 Å². The number of thiocarbonyl (C=S) groups is 1. The number of methoxy groups -OCH3 is 1. The van der Waals surface area contributed by atoms with Crippen molar-refractivity contribution in [1.29, 1.82) is 0 Å². The summed E-state index contributed by atoms with van der Waals surface area (Å²) in [5, 5.41) is 4.15. The Labute approximate surface area is 192 Å². The molecule has 6 nitrogen and oxygen atoms in total. The number of benzene rings is 1. The highest BCUT2D eigenvalue weighted by molar-refractivity contribution is 7.80. The number of para-hydroxylation sites is 2. The molecule has 1 aliphatic heterocycles. The van der Waals surface area contributed by atoms with Crippen LogP contribution in [0, 0.1) is 0 Å². The van der Waals surface area contributed by atoms with Crippen LogP contribution in [-0.2, 0) is 6.54 Å². The summed E-state index contributed by atoms with van der Waals surface area (Å²) in [5.74, 6) is 0.770. The third-order valence-corrected chi connectivity index (χ3v) is 5.98. The van der Waals surface area contributed by atoms with E-state index in [0.717, 1.165) is 28.5 Å². The van der Waals surface area contributed by atoms with Crippen molar-refractivity contribution in [2.24, 2.45) is 0 Å². The summed E-state index contributed by atoms with van der Waals surface area (Å²) < 4.78 is 7.90. The minimum Gasteiger partial charge on any atom is -0.495 e. The third kappa shape index (κ3) is 3.71. The zero-order chi connectivity index (χ0) is 21.9. The fourth-order valence-electron chi connectivity index (χ4n) is 4.25. The zero-order valence-corrected chi connectivity index (χ0v) is 18.4. The Morgan fingerprint density at radius 2 is 1.72 bits per heavy atom. The number of anilines is 1. The second-order valence-electron chi connectivity index (χ2n) is 7.55. The van der Waals surface area contributed by atoms with Crippen molar-refractivity contribution in [3.8, 4) is 5.75 Å². The lowest BCUT2D eigenvalue weighted by atomic mass is 10.0. The predicted octanol–water partition coefficient (Wildman–Crippen LogP) is 4.51. The van der Waals surface area contributed by atoms with E-state index in [1.807, 2.05) is 73.1 Å². The highest BCUT2D eigenvalue weighted by Gasteiger charge is 2.42. The van der Waals surface area contributed by atoms with Crippen LogP contribution in [0.5, 0.6) is 5.75 Å². The Hall–Kier alpha value is -3.71. The van der Waals surface area contributed by atoms with Gasteiger partial charge < -0.3 is 19.5 Å². The van der Waals surface area contributed by atoms with Gasteiger partial charge in [-0.1, -0.05) is 24.3 Å². The number of ether oxygens (including phenoxy) is 1. The van der Waals surface area contributed by atoms with E-state index < -0.39 is 0 Å². The van der Waals surface area contributed by atoms with Gasteiger partial charge >= 0.3 is 0 Å². The Kier molecular flexibility index (Phi) is 5.56. The molecular weight excluding hydrogens is 418 g/mol. The second-order valence-corrected chi connectivity index (χ2v) is 7.94. The van der Waals surface area contributed by atoms with E-state index in [2.05, 4.69) is 43.1 Å². The van der Waals surface area contributed by atoms with Crippen molar-refractivity contribution in [1.82, 2.24) is 19.9 Å². The summed E-state index contributed by atoms with van der Waals surface area (Å²) in [6, 6.07) is 23.9. The summed E-state index contributed by atoms with van der Waals surface area (Å²) in [4.78, 5) is 11.3. The molecule has 1 aromatic carbocycles. The maximum atomic E-state index is 5.84. The molecule has 0 spiro atoms. The summed E-state index contributed by atoms with van der Waals surface area (Å²) in [5.41, 5.74) is 3.96. The Morgan fingerprint density at radius 1 is 0.938 bits per heavy atom. The third-order valence-electron chi connectivity index (χ3n) is 5.67. The van der Waals surface area contributed by atoms with Gasteiger partial charge in [-0.05, 0) is 60.7 Å². The zero-order valence-electron chi connectivity index (χ0n) is 17.6. The Balaban J connectivity index is 1.63. The van der Waals surface area contributed by atoms with Crippen LogP contribution in [0.1, 0.15) is 29.2 Å². The van der Waals surface area contributed by atoms with Crippen LogP contribution >= 0.6 is 12.2 Å².